The van der Waals surface area contributed by atoms with Crippen molar-refractivity contribution in [1.29, 1.82) is 0 Å². The van der Waals surface area contributed by atoms with Crippen LogP contribution in [0, 0.1) is 0 Å². The summed E-state index contributed by atoms with van der Waals surface area (Å²) in [6.07, 6.45) is 5.19. The summed E-state index contributed by atoms with van der Waals surface area (Å²) in [7, 11) is 1.64. The van der Waals surface area contributed by atoms with Crippen LogP contribution in [0.25, 0.3) is 0 Å². The molecule has 0 spiro atoms. The van der Waals surface area contributed by atoms with Crippen molar-refractivity contribution in [2.75, 3.05) is 11.9 Å². The summed E-state index contributed by atoms with van der Waals surface area (Å²) in [5.74, 6) is 0.103. The van der Waals surface area contributed by atoms with Crippen molar-refractivity contribution in [2.45, 2.75) is 18.9 Å². The highest BCUT2D eigenvalue weighted by molar-refractivity contribution is 5.80. The van der Waals surface area contributed by atoms with Crippen LogP contribution in [0.1, 0.15) is 12.8 Å². The predicted octanol–water partition coefficient (Wildman–Crippen LogP) is -0.529. The molecule has 1 aromatic heterocycles. The minimum atomic E-state index is -0.235. The lowest BCUT2D eigenvalue weighted by atomic mass is 10.5. The van der Waals surface area contributed by atoms with Gasteiger partial charge in [-0.25, -0.2) is 4.98 Å². The van der Waals surface area contributed by atoms with E-state index in [0.717, 1.165) is 12.8 Å². The lowest BCUT2D eigenvalue weighted by molar-refractivity contribution is -0.119. The van der Waals surface area contributed by atoms with Crippen molar-refractivity contribution in [2.24, 2.45) is 7.05 Å². The lowest BCUT2D eigenvalue weighted by Crippen LogP contribution is -2.33. The molecule has 0 unspecified atom stereocenters. The summed E-state index contributed by atoms with van der Waals surface area (Å²) in [6.45, 7) is 0.0861. The highest BCUT2D eigenvalue weighted by Gasteiger charge is 2.22. The van der Waals surface area contributed by atoms with E-state index in [1.807, 2.05) is 0 Å². The molecule has 16 heavy (non-hydrogen) atoms. The maximum absolute atomic E-state index is 11.5. The third kappa shape index (κ3) is 2.59. The van der Waals surface area contributed by atoms with Crippen LogP contribution in [0.2, 0.25) is 0 Å². The maximum Gasteiger partial charge on any atom is 0.293 e. The molecule has 0 aromatic carbocycles. The molecule has 0 radical (unpaired) electrons. The molecule has 0 aliphatic heterocycles. The van der Waals surface area contributed by atoms with Crippen LogP contribution in [-0.2, 0) is 11.8 Å². The Morgan fingerprint density at radius 1 is 1.62 bits per heavy atom. The smallest absolute Gasteiger partial charge is 0.293 e. The minimum Gasteiger partial charge on any atom is -0.356 e. The Bertz CT molecular complexity index is 450. The van der Waals surface area contributed by atoms with Crippen LogP contribution in [-0.4, -0.2) is 28.0 Å². The number of carbonyl (C=O) groups excluding carboxylic acids is 1. The van der Waals surface area contributed by atoms with Crippen molar-refractivity contribution < 1.29 is 4.79 Å². The van der Waals surface area contributed by atoms with Crippen LogP contribution >= 0.6 is 0 Å². The molecular weight excluding hydrogens is 208 g/mol. The zero-order valence-corrected chi connectivity index (χ0v) is 9.06. The van der Waals surface area contributed by atoms with Gasteiger partial charge in [-0.15, -0.1) is 0 Å². The predicted molar refractivity (Wildman–Crippen MR) is 59.1 cm³/mol. The van der Waals surface area contributed by atoms with Crippen LogP contribution in [0.3, 0.4) is 0 Å². The monoisotopic (exact) mass is 222 g/mol. The summed E-state index contributed by atoms with van der Waals surface area (Å²) >= 11 is 0. The Kier molecular flexibility index (Phi) is 2.89. The number of anilines is 1. The molecule has 1 aliphatic rings. The summed E-state index contributed by atoms with van der Waals surface area (Å²) in [5, 5.41) is 5.55. The standard InChI is InChI=1S/C10H14N4O2/c1-14-5-4-11-9(10(14)16)12-6-8(15)13-7-2-3-7/h4-5,7H,2-3,6H2,1H3,(H,11,12)(H,13,15). The summed E-state index contributed by atoms with van der Waals surface area (Å²) < 4.78 is 1.41. The first-order chi connectivity index (χ1) is 7.66. The van der Waals surface area contributed by atoms with Crippen LogP contribution in [0.4, 0.5) is 5.82 Å². The van der Waals surface area contributed by atoms with Crippen molar-refractivity contribution in [3.8, 4) is 0 Å². The zero-order valence-electron chi connectivity index (χ0n) is 9.06. The second kappa shape index (κ2) is 4.34. The van der Waals surface area contributed by atoms with E-state index >= 15 is 0 Å². The minimum absolute atomic E-state index is 0.0861. The summed E-state index contributed by atoms with van der Waals surface area (Å²) in [6, 6.07) is 0.334. The highest BCUT2D eigenvalue weighted by Crippen LogP contribution is 2.18. The Balaban J connectivity index is 1.91. The molecule has 6 heteroatoms. The normalized spacial score (nSPS) is 14.6. The molecule has 0 saturated heterocycles. The van der Waals surface area contributed by atoms with E-state index in [9.17, 15) is 9.59 Å². The second-order valence-electron chi connectivity index (χ2n) is 3.89. The maximum atomic E-state index is 11.5. The number of aromatic nitrogens is 2. The Hall–Kier alpha value is -1.85. The molecule has 1 fully saturated rings. The molecule has 0 bridgehead atoms. The van der Waals surface area contributed by atoms with Gasteiger partial charge in [0.15, 0.2) is 5.82 Å². The van der Waals surface area contributed by atoms with Crippen molar-refractivity contribution >= 4 is 11.7 Å². The van der Waals surface area contributed by atoms with Crippen LogP contribution < -0.4 is 16.2 Å². The van der Waals surface area contributed by atoms with E-state index in [2.05, 4.69) is 15.6 Å². The first-order valence-electron chi connectivity index (χ1n) is 5.21. The molecular formula is C10H14N4O2. The van der Waals surface area contributed by atoms with Gasteiger partial charge in [-0.05, 0) is 12.8 Å². The van der Waals surface area contributed by atoms with Gasteiger partial charge in [0, 0.05) is 25.5 Å². The van der Waals surface area contributed by atoms with Gasteiger partial charge in [0.25, 0.3) is 5.56 Å². The number of hydrogen-bond donors (Lipinski definition) is 2. The second-order valence-corrected chi connectivity index (χ2v) is 3.89. The first kappa shape index (κ1) is 10.7. The topological polar surface area (TPSA) is 76.0 Å². The van der Waals surface area contributed by atoms with E-state index in [-0.39, 0.29) is 23.8 Å². The highest BCUT2D eigenvalue weighted by atomic mass is 16.2. The molecule has 1 amide bonds. The molecule has 6 nitrogen and oxygen atoms in total. The summed E-state index contributed by atoms with van der Waals surface area (Å²) in [4.78, 5) is 26.8. The SMILES string of the molecule is Cn1ccnc(NCC(=O)NC2CC2)c1=O. The van der Waals surface area contributed by atoms with E-state index in [4.69, 9.17) is 0 Å². The molecule has 86 valence electrons. The Morgan fingerprint density at radius 3 is 3.06 bits per heavy atom. The average molecular weight is 222 g/mol. The van der Waals surface area contributed by atoms with Crippen molar-refractivity contribution in [1.82, 2.24) is 14.9 Å². The largest absolute Gasteiger partial charge is 0.356 e. The van der Waals surface area contributed by atoms with Gasteiger partial charge in [-0.3, -0.25) is 9.59 Å². The van der Waals surface area contributed by atoms with Gasteiger partial charge in [0.05, 0.1) is 6.54 Å². The number of aryl methyl sites for hydroxylation is 1. The number of rotatable bonds is 4. The number of amides is 1. The fourth-order valence-corrected chi connectivity index (χ4v) is 1.29. The van der Waals surface area contributed by atoms with Gasteiger partial charge in [-0.1, -0.05) is 0 Å². The number of nitrogens with one attached hydrogen (secondary N) is 2. The molecule has 1 aromatic rings. The molecule has 1 heterocycles. The lowest BCUT2D eigenvalue weighted by Gasteiger charge is -2.06. The van der Waals surface area contributed by atoms with Gasteiger partial charge in [0.2, 0.25) is 5.91 Å². The fourth-order valence-electron chi connectivity index (χ4n) is 1.29. The van der Waals surface area contributed by atoms with Gasteiger partial charge >= 0.3 is 0 Å². The van der Waals surface area contributed by atoms with Crippen LogP contribution in [0.15, 0.2) is 17.2 Å². The van der Waals surface area contributed by atoms with Crippen molar-refractivity contribution in [3.63, 3.8) is 0 Å². The quantitative estimate of drug-likeness (QED) is 0.718. The molecule has 2 rings (SSSR count). The van der Waals surface area contributed by atoms with Gasteiger partial charge < -0.3 is 15.2 Å². The number of nitrogens with zero attached hydrogens (tertiary/aromatic N) is 2. The zero-order chi connectivity index (χ0) is 11.5. The molecule has 1 saturated carbocycles. The summed E-state index contributed by atoms with van der Waals surface area (Å²) in [5.41, 5.74) is -0.235. The van der Waals surface area contributed by atoms with Gasteiger partial charge in [-0.2, -0.15) is 0 Å². The Morgan fingerprint density at radius 2 is 2.38 bits per heavy atom. The van der Waals surface area contributed by atoms with Crippen molar-refractivity contribution in [3.05, 3.63) is 22.7 Å². The number of carbonyl (C=O) groups is 1. The average Bonchev–Trinajstić information content (AvgIpc) is 3.04. The van der Waals surface area contributed by atoms with E-state index < -0.39 is 0 Å². The molecule has 0 atom stereocenters. The molecule has 2 N–H and O–H groups in total. The van der Waals surface area contributed by atoms with Gasteiger partial charge in [0.1, 0.15) is 0 Å². The van der Waals surface area contributed by atoms with Crippen LogP contribution in [0.5, 0.6) is 0 Å². The third-order valence-corrected chi connectivity index (χ3v) is 2.38. The first-order valence-corrected chi connectivity index (χ1v) is 5.21. The number of hydrogen-bond acceptors (Lipinski definition) is 4. The van der Waals surface area contributed by atoms with E-state index in [1.165, 1.54) is 10.8 Å². The fraction of sp³-hybridized carbons (Fsp3) is 0.500. The Labute approximate surface area is 92.7 Å². The van der Waals surface area contributed by atoms with E-state index in [1.54, 1.807) is 13.2 Å². The molecule has 1 aliphatic carbocycles. The van der Waals surface area contributed by atoms with E-state index in [0.29, 0.717) is 6.04 Å². The third-order valence-electron chi connectivity index (χ3n) is 2.38.